The predicted molar refractivity (Wildman–Crippen MR) is 168 cm³/mol. The van der Waals surface area contributed by atoms with Gasteiger partial charge in [0.1, 0.15) is 12.6 Å². The molecule has 0 bridgehead atoms. The number of esters is 1. The number of carbonyl (C=O) groups is 1. The maximum Gasteiger partial charge on any atom is 0.338 e. The van der Waals surface area contributed by atoms with Crippen molar-refractivity contribution in [1.29, 1.82) is 0 Å². The normalized spacial score (nSPS) is 14.3. The summed E-state index contributed by atoms with van der Waals surface area (Å²) >= 11 is 11.5. The molecule has 4 aromatic rings. The molecule has 42 heavy (non-hydrogen) atoms. The summed E-state index contributed by atoms with van der Waals surface area (Å²) in [4.78, 5) is 18.4. The van der Waals surface area contributed by atoms with Crippen LogP contribution in [0.5, 0.6) is 11.5 Å². The molecular weight excluding hydrogens is 640 g/mol. The third-order valence-electron chi connectivity index (χ3n) is 6.60. The summed E-state index contributed by atoms with van der Waals surface area (Å²) in [6.45, 7) is 4.56. The number of ether oxygens (including phenoxy) is 3. The summed E-state index contributed by atoms with van der Waals surface area (Å²) in [5, 5.41) is 9.32. The second-order valence-electron chi connectivity index (χ2n) is 9.55. The van der Waals surface area contributed by atoms with Crippen molar-refractivity contribution in [3.05, 3.63) is 104 Å². The maximum atomic E-state index is 13.7. The zero-order valence-electron chi connectivity index (χ0n) is 23.4. The quantitative estimate of drug-likeness (QED) is 0.128. The van der Waals surface area contributed by atoms with Gasteiger partial charge >= 0.3 is 5.97 Å². The number of thioether (sulfide) groups is 1. The first kappa shape index (κ1) is 30.0. The Balaban J connectivity index is 1.52. The van der Waals surface area contributed by atoms with Gasteiger partial charge in [-0.2, -0.15) is 4.98 Å². The van der Waals surface area contributed by atoms with Crippen molar-refractivity contribution >= 4 is 51.2 Å². The maximum absolute atomic E-state index is 13.7. The summed E-state index contributed by atoms with van der Waals surface area (Å²) in [5.74, 6) is 1.79. The summed E-state index contributed by atoms with van der Waals surface area (Å²) in [6.07, 6.45) is 0.849. The Hall–Kier alpha value is -3.47. The Morgan fingerprint density at radius 3 is 2.64 bits per heavy atom. The molecule has 1 aromatic heterocycles. The molecule has 1 N–H and O–H groups in total. The van der Waals surface area contributed by atoms with E-state index in [2.05, 4.69) is 21.2 Å². The molecule has 11 heteroatoms. The summed E-state index contributed by atoms with van der Waals surface area (Å²) in [6, 6.07) is 20.4. The molecule has 1 aliphatic heterocycles. The number of benzene rings is 3. The lowest BCUT2D eigenvalue weighted by atomic mass is 9.95. The summed E-state index contributed by atoms with van der Waals surface area (Å²) in [7, 11) is 1.59. The first-order valence-corrected chi connectivity index (χ1v) is 15.6. The minimum Gasteiger partial charge on any atom is -0.493 e. The molecule has 8 nitrogen and oxygen atoms in total. The van der Waals surface area contributed by atoms with E-state index >= 15 is 0 Å². The molecule has 0 fully saturated rings. The van der Waals surface area contributed by atoms with E-state index in [4.69, 9.17) is 35.9 Å². The van der Waals surface area contributed by atoms with Gasteiger partial charge in [0.15, 0.2) is 11.5 Å². The molecule has 0 aliphatic carbocycles. The van der Waals surface area contributed by atoms with Gasteiger partial charge in [0, 0.05) is 16.5 Å². The number of fused-ring (bicyclic) bond motifs is 1. The van der Waals surface area contributed by atoms with Crippen LogP contribution in [0, 0.1) is 0 Å². The van der Waals surface area contributed by atoms with Gasteiger partial charge in [0.05, 0.1) is 23.8 Å². The fourth-order valence-corrected chi connectivity index (χ4v) is 6.25. The fraction of sp³-hybridized carbons (Fsp3) is 0.258. The molecule has 218 valence electrons. The van der Waals surface area contributed by atoms with E-state index in [-0.39, 0.29) is 6.61 Å². The van der Waals surface area contributed by atoms with Crippen molar-refractivity contribution in [2.24, 2.45) is 0 Å². The van der Waals surface area contributed by atoms with E-state index in [9.17, 15) is 4.79 Å². The molecule has 0 saturated carbocycles. The van der Waals surface area contributed by atoms with E-state index < -0.39 is 12.0 Å². The average molecular weight is 670 g/mol. The molecule has 2 heterocycles. The zero-order valence-corrected chi connectivity index (χ0v) is 26.6. The number of aromatic nitrogens is 3. The van der Waals surface area contributed by atoms with Gasteiger partial charge in [-0.05, 0) is 64.2 Å². The number of hydrogen-bond acceptors (Lipinski definition) is 8. The van der Waals surface area contributed by atoms with E-state index in [0.717, 1.165) is 23.1 Å². The Kier molecular flexibility index (Phi) is 9.76. The third-order valence-corrected chi connectivity index (χ3v) is 8.44. The first-order chi connectivity index (χ1) is 20.4. The molecule has 1 aliphatic rings. The fourth-order valence-electron chi connectivity index (χ4n) is 4.57. The molecule has 0 spiro atoms. The third kappa shape index (κ3) is 6.61. The lowest BCUT2D eigenvalue weighted by molar-refractivity contribution is -0.140. The molecule has 1 unspecified atom stereocenters. The van der Waals surface area contributed by atoms with E-state index in [1.165, 1.54) is 11.8 Å². The van der Waals surface area contributed by atoms with Crippen LogP contribution in [0.2, 0.25) is 5.02 Å². The number of methoxy groups -OCH3 is 1. The van der Waals surface area contributed by atoms with Gasteiger partial charge in [-0.1, -0.05) is 78.8 Å². The van der Waals surface area contributed by atoms with Gasteiger partial charge in [0.25, 0.3) is 0 Å². The van der Waals surface area contributed by atoms with Crippen molar-refractivity contribution in [3.63, 3.8) is 0 Å². The van der Waals surface area contributed by atoms with Crippen LogP contribution >= 0.6 is 39.3 Å². The molecule has 3 aromatic carbocycles. The highest BCUT2D eigenvalue weighted by atomic mass is 79.9. The Bertz CT molecular complexity index is 1610. The van der Waals surface area contributed by atoms with Crippen LogP contribution in [0.1, 0.15) is 43.0 Å². The van der Waals surface area contributed by atoms with Crippen molar-refractivity contribution in [2.45, 2.75) is 43.8 Å². The van der Waals surface area contributed by atoms with Crippen molar-refractivity contribution in [1.82, 2.24) is 14.8 Å². The lowest BCUT2D eigenvalue weighted by Gasteiger charge is -2.29. The Labute approximate surface area is 262 Å². The van der Waals surface area contributed by atoms with Crippen molar-refractivity contribution in [2.75, 3.05) is 19.0 Å². The minimum atomic E-state index is -0.642. The van der Waals surface area contributed by atoms with Crippen LogP contribution in [0.15, 0.2) is 87.6 Å². The van der Waals surface area contributed by atoms with Crippen molar-refractivity contribution < 1.29 is 19.0 Å². The van der Waals surface area contributed by atoms with Crippen LogP contribution in [-0.2, 0) is 21.9 Å². The molecule has 0 amide bonds. The van der Waals surface area contributed by atoms with Crippen molar-refractivity contribution in [3.8, 4) is 11.5 Å². The van der Waals surface area contributed by atoms with E-state index in [0.29, 0.717) is 55.7 Å². The number of allylic oxidation sites excluding steroid dienone is 1. The second-order valence-corrected chi connectivity index (χ2v) is 11.8. The number of halogens is 2. The highest BCUT2D eigenvalue weighted by molar-refractivity contribution is 9.10. The SMILES string of the molecule is CCCOc1c(Br)cc(C2C(C(=O)OCc3ccccc3)=C(C)Nc3nc(SCc4ccccc4Cl)nn32)cc1OC. The van der Waals surface area contributed by atoms with Crippen LogP contribution in [-0.4, -0.2) is 34.5 Å². The van der Waals surface area contributed by atoms with Crippen LogP contribution in [0.4, 0.5) is 5.95 Å². The van der Waals surface area contributed by atoms with Crippen LogP contribution in [0.25, 0.3) is 0 Å². The molecule has 0 saturated heterocycles. The minimum absolute atomic E-state index is 0.142. The number of nitrogens with zero attached hydrogens (tertiary/aromatic N) is 3. The van der Waals surface area contributed by atoms with Gasteiger partial charge < -0.3 is 19.5 Å². The van der Waals surface area contributed by atoms with Gasteiger partial charge in [-0.25, -0.2) is 9.48 Å². The number of nitrogens with one attached hydrogen (secondary N) is 1. The summed E-state index contributed by atoms with van der Waals surface area (Å²) in [5.41, 5.74) is 3.68. The van der Waals surface area contributed by atoms with Gasteiger partial charge in [0.2, 0.25) is 11.1 Å². The lowest BCUT2D eigenvalue weighted by Crippen LogP contribution is -2.29. The smallest absolute Gasteiger partial charge is 0.338 e. The second kappa shape index (κ2) is 13.7. The zero-order chi connectivity index (χ0) is 29.6. The average Bonchev–Trinajstić information content (AvgIpc) is 3.40. The largest absolute Gasteiger partial charge is 0.493 e. The topological polar surface area (TPSA) is 87.5 Å². The van der Waals surface area contributed by atoms with Gasteiger partial charge in [-0.15, -0.1) is 5.10 Å². The molecule has 1 atom stereocenters. The highest BCUT2D eigenvalue weighted by Gasteiger charge is 2.36. The monoisotopic (exact) mass is 668 g/mol. The van der Waals surface area contributed by atoms with Crippen LogP contribution in [0.3, 0.4) is 0 Å². The standard InChI is InChI=1S/C31H30BrClN4O4S/c1-4-14-40-28-23(32)15-22(16-25(28)39-3)27-26(29(38)41-17-20-10-6-5-7-11-20)19(2)34-30-35-31(36-37(27)30)42-18-21-12-8-9-13-24(21)33/h5-13,15-16,27H,4,14,17-18H2,1-3H3,(H,34,35,36). The summed E-state index contributed by atoms with van der Waals surface area (Å²) < 4.78 is 19.9. The molecule has 0 radical (unpaired) electrons. The Morgan fingerprint density at radius 1 is 1.14 bits per heavy atom. The number of anilines is 1. The van der Waals surface area contributed by atoms with Gasteiger partial charge in [-0.3, -0.25) is 0 Å². The van der Waals surface area contributed by atoms with E-state index in [1.54, 1.807) is 11.8 Å². The Morgan fingerprint density at radius 2 is 1.90 bits per heavy atom. The van der Waals surface area contributed by atoms with Crippen LogP contribution < -0.4 is 14.8 Å². The van der Waals surface area contributed by atoms with E-state index in [1.807, 2.05) is 80.6 Å². The predicted octanol–water partition coefficient (Wildman–Crippen LogP) is 7.82. The molecule has 5 rings (SSSR count). The molecular formula is C31H30BrClN4O4S. The number of carbonyl (C=O) groups excluding carboxylic acids is 1. The highest BCUT2D eigenvalue weighted by Crippen LogP contribution is 2.43. The number of rotatable bonds is 11. The first-order valence-electron chi connectivity index (χ1n) is 13.4. The number of hydrogen-bond donors (Lipinski definition) is 1.